The predicted octanol–water partition coefficient (Wildman–Crippen LogP) is 1.34. The minimum absolute atomic E-state index is 0.367. The summed E-state index contributed by atoms with van der Waals surface area (Å²) >= 11 is 0. The van der Waals surface area contributed by atoms with Crippen LogP contribution in [0.1, 0.15) is 6.42 Å². The molecule has 2 rings (SSSR count). The lowest BCUT2D eigenvalue weighted by atomic mass is 10.2. The van der Waals surface area contributed by atoms with Gasteiger partial charge in [-0.15, -0.1) is 0 Å². The topological polar surface area (TPSA) is 44.8 Å². The molecule has 0 saturated carbocycles. The van der Waals surface area contributed by atoms with Gasteiger partial charge in [-0.3, -0.25) is 0 Å². The summed E-state index contributed by atoms with van der Waals surface area (Å²) in [6, 6.07) is 0. The average molecular weight is 222 g/mol. The van der Waals surface area contributed by atoms with Crippen LogP contribution in [0.5, 0.6) is 0 Å². The Balaban J connectivity index is 2.17. The number of hydrogen-bond acceptors (Lipinski definition) is 4. The van der Waals surface area contributed by atoms with Crippen LogP contribution in [-0.4, -0.2) is 32.1 Å². The van der Waals surface area contributed by atoms with Crippen molar-refractivity contribution in [2.45, 2.75) is 12.2 Å². The SMILES string of the molecule is COC(=O)C1=CC=CC2(C=C1)OCCCO2. The molecule has 0 N–H and O–H groups in total. The molecule has 1 aliphatic carbocycles. The molecule has 0 aromatic carbocycles. The highest BCUT2D eigenvalue weighted by Crippen LogP contribution is 2.25. The van der Waals surface area contributed by atoms with E-state index in [1.807, 2.05) is 0 Å². The number of methoxy groups -OCH3 is 1. The first kappa shape index (κ1) is 11.1. The van der Waals surface area contributed by atoms with Gasteiger partial charge in [-0.1, -0.05) is 6.08 Å². The Labute approximate surface area is 94.2 Å². The van der Waals surface area contributed by atoms with Gasteiger partial charge in [0.1, 0.15) is 0 Å². The van der Waals surface area contributed by atoms with E-state index in [1.54, 1.807) is 30.4 Å². The van der Waals surface area contributed by atoms with Gasteiger partial charge in [-0.05, 0) is 30.7 Å². The van der Waals surface area contributed by atoms with Gasteiger partial charge in [0, 0.05) is 0 Å². The second-order valence-electron chi connectivity index (χ2n) is 3.58. The molecular formula is C12H14O4. The molecule has 1 spiro atoms. The number of carbonyl (C=O) groups is 1. The third-order valence-corrected chi connectivity index (χ3v) is 2.46. The van der Waals surface area contributed by atoms with Crippen LogP contribution in [0.3, 0.4) is 0 Å². The standard InChI is InChI=1S/C12H14O4/c1-14-11(13)10-4-2-6-12(7-5-10)15-8-3-9-16-12/h2,4-7H,3,8-9H2,1H3. The Kier molecular flexibility index (Phi) is 3.22. The first-order chi connectivity index (χ1) is 7.76. The van der Waals surface area contributed by atoms with Crippen molar-refractivity contribution in [1.29, 1.82) is 0 Å². The lowest BCUT2D eigenvalue weighted by molar-refractivity contribution is -0.205. The van der Waals surface area contributed by atoms with Crippen molar-refractivity contribution in [3.05, 3.63) is 36.0 Å². The number of allylic oxidation sites excluding steroid dienone is 2. The number of rotatable bonds is 1. The molecule has 4 heteroatoms. The second-order valence-corrected chi connectivity index (χ2v) is 3.58. The smallest absolute Gasteiger partial charge is 0.337 e. The molecule has 0 aromatic rings. The summed E-state index contributed by atoms with van der Waals surface area (Å²) in [7, 11) is 1.36. The summed E-state index contributed by atoms with van der Waals surface area (Å²) in [5.41, 5.74) is 0.480. The van der Waals surface area contributed by atoms with E-state index in [-0.39, 0.29) is 5.97 Å². The Hall–Kier alpha value is -1.39. The van der Waals surface area contributed by atoms with Gasteiger partial charge < -0.3 is 14.2 Å². The molecule has 86 valence electrons. The molecule has 0 amide bonds. The largest absolute Gasteiger partial charge is 0.465 e. The van der Waals surface area contributed by atoms with E-state index in [0.717, 1.165) is 6.42 Å². The van der Waals surface area contributed by atoms with E-state index in [4.69, 9.17) is 9.47 Å². The van der Waals surface area contributed by atoms with Crippen LogP contribution in [0.25, 0.3) is 0 Å². The molecule has 0 atom stereocenters. The lowest BCUT2D eigenvalue weighted by Gasteiger charge is -2.31. The molecule has 16 heavy (non-hydrogen) atoms. The monoisotopic (exact) mass is 222 g/mol. The van der Waals surface area contributed by atoms with Crippen molar-refractivity contribution < 1.29 is 19.0 Å². The van der Waals surface area contributed by atoms with Gasteiger partial charge in [0.15, 0.2) is 0 Å². The third kappa shape index (κ3) is 2.23. The minimum Gasteiger partial charge on any atom is -0.465 e. The molecule has 1 fully saturated rings. The van der Waals surface area contributed by atoms with Crippen LogP contribution < -0.4 is 0 Å². The molecule has 0 unspecified atom stereocenters. The number of carbonyl (C=O) groups excluding carboxylic acids is 1. The van der Waals surface area contributed by atoms with Gasteiger partial charge >= 0.3 is 5.97 Å². The summed E-state index contributed by atoms with van der Waals surface area (Å²) in [5, 5.41) is 0. The second kappa shape index (κ2) is 4.63. The number of ether oxygens (including phenoxy) is 3. The average Bonchev–Trinajstić information content (AvgIpc) is 2.52. The van der Waals surface area contributed by atoms with Gasteiger partial charge in [0.2, 0.25) is 5.79 Å². The number of esters is 1. The Morgan fingerprint density at radius 3 is 2.81 bits per heavy atom. The van der Waals surface area contributed by atoms with Crippen molar-refractivity contribution in [1.82, 2.24) is 0 Å². The van der Waals surface area contributed by atoms with Crippen LogP contribution in [0, 0.1) is 0 Å². The fourth-order valence-corrected chi connectivity index (χ4v) is 1.61. The summed E-state index contributed by atoms with van der Waals surface area (Å²) in [6.45, 7) is 1.31. The molecule has 4 nitrogen and oxygen atoms in total. The summed E-state index contributed by atoms with van der Waals surface area (Å²) < 4.78 is 15.8. The highest BCUT2D eigenvalue weighted by atomic mass is 16.7. The highest BCUT2D eigenvalue weighted by Gasteiger charge is 2.29. The van der Waals surface area contributed by atoms with E-state index in [9.17, 15) is 4.79 Å². The zero-order valence-electron chi connectivity index (χ0n) is 9.14. The minimum atomic E-state index is -0.815. The van der Waals surface area contributed by atoms with Gasteiger partial charge in [0.05, 0.1) is 25.9 Å². The fraction of sp³-hybridized carbons (Fsp3) is 0.417. The van der Waals surface area contributed by atoms with E-state index in [0.29, 0.717) is 18.8 Å². The Morgan fingerprint density at radius 2 is 2.12 bits per heavy atom. The van der Waals surface area contributed by atoms with Gasteiger partial charge in [-0.25, -0.2) is 4.79 Å². The van der Waals surface area contributed by atoms with Crippen molar-refractivity contribution in [2.75, 3.05) is 20.3 Å². The summed E-state index contributed by atoms with van der Waals surface area (Å²) in [5.74, 6) is -1.18. The Bertz CT molecular complexity index is 359. The Morgan fingerprint density at radius 1 is 1.38 bits per heavy atom. The molecule has 2 aliphatic rings. The van der Waals surface area contributed by atoms with Crippen LogP contribution in [0.15, 0.2) is 36.0 Å². The fourth-order valence-electron chi connectivity index (χ4n) is 1.61. The predicted molar refractivity (Wildman–Crippen MR) is 57.6 cm³/mol. The van der Waals surface area contributed by atoms with Crippen molar-refractivity contribution >= 4 is 5.97 Å². The summed E-state index contributed by atoms with van der Waals surface area (Å²) in [4.78, 5) is 11.3. The maximum Gasteiger partial charge on any atom is 0.337 e. The van der Waals surface area contributed by atoms with Crippen molar-refractivity contribution in [3.63, 3.8) is 0 Å². The summed E-state index contributed by atoms with van der Waals surface area (Å²) in [6.07, 6.45) is 9.50. The molecule has 1 aliphatic heterocycles. The number of hydrogen-bond donors (Lipinski definition) is 0. The molecule has 0 aromatic heterocycles. The van der Waals surface area contributed by atoms with Crippen LogP contribution >= 0.6 is 0 Å². The van der Waals surface area contributed by atoms with Crippen molar-refractivity contribution in [2.24, 2.45) is 0 Å². The first-order valence-corrected chi connectivity index (χ1v) is 5.21. The zero-order chi connectivity index (χ0) is 11.4. The van der Waals surface area contributed by atoms with E-state index in [1.165, 1.54) is 7.11 Å². The van der Waals surface area contributed by atoms with Crippen LogP contribution in [0.4, 0.5) is 0 Å². The zero-order valence-corrected chi connectivity index (χ0v) is 9.14. The van der Waals surface area contributed by atoms with Crippen LogP contribution in [-0.2, 0) is 19.0 Å². The maximum absolute atomic E-state index is 11.3. The van der Waals surface area contributed by atoms with Crippen molar-refractivity contribution in [3.8, 4) is 0 Å². The van der Waals surface area contributed by atoms with E-state index < -0.39 is 5.79 Å². The highest BCUT2D eigenvalue weighted by molar-refractivity contribution is 5.92. The van der Waals surface area contributed by atoms with Gasteiger partial charge in [0.25, 0.3) is 0 Å². The molecular weight excluding hydrogens is 208 g/mol. The first-order valence-electron chi connectivity index (χ1n) is 5.21. The third-order valence-electron chi connectivity index (χ3n) is 2.46. The molecule has 0 bridgehead atoms. The van der Waals surface area contributed by atoms with E-state index >= 15 is 0 Å². The molecule has 1 heterocycles. The quantitative estimate of drug-likeness (QED) is 0.628. The van der Waals surface area contributed by atoms with E-state index in [2.05, 4.69) is 4.74 Å². The molecule has 1 saturated heterocycles. The normalized spacial score (nSPS) is 22.7. The maximum atomic E-state index is 11.3. The van der Waals surface area contributed by atoms with Crippen LogP contribution in [0.2, 0.25) is 0 Å². The lowest BCUT2D eigenvalue weighted by Crippen LogP contribution is -2.36. The molecule has 0 radical (unpaired) electrons. The van der Waals surface area contributed by atoms with Gasteiger partial charge in [-0.2, -0.15) is 0 Å².